The van der Waals surface area contributed by atoms with E-state index in [1.54, 1.807) is 0 Å². The summed E-state index contributed by atoms with van der Waals surface area (Å²) in [6, 6.07) is 28.8. The first-order valence-electron chi connectivity index (χ1n) is 11.2. The topological polar surface area (TPSA) is 35.6 Å². The molecule has 3 aromatic rings. The smallest absolute Gasteiger partial charge is 0.240 e. The minimum Gasteiger partial charge on any atom is -0.339 e. The maximum Gasteiger partial charge on any atom is 0.240 e. The highest BCUT2D eigenvalue weighted by Gasteiger charge is 2.27. The third kappa shape index (κ3) is 6.52. The predicted molar refractivity (Wildman–Crippen MR) is 133 cm³/mol. The summed E-state index contributed by atoms with van der Waals surface area (Å²) in [4.78, 5) is 17.9. The van der Waals surface area contributed by atoms with Crippen molar-refractivity contribution in [3.8, 4) is 0 Å². The van der Waals surface area contributed by atoms with E-state index in [0.29, 0.717) is 13.0 Å². The number of hydrogen-bond donors (Lipinski definition) is 1. The van der Waals surface area contributed by atoms with E-state index in [-0.39, 0.29) is 11.9 Å². The molecule has 5 heteroatoms. The molecule has 4 nitrogen and oxygen atoms in total. The molecule has 1 unspecified atom stereocenters. The zero-order valence-corrected chi connectivity index (χ0v) is 19.9. The Morgan fingerprint density at radius 3 is 2.00 bits per heavy atom. The number of amides is 1. The van der Waals surface area contributed by atoms with Gasteiger partial charge in [-0.25, -0.2) is 0 Å². The molecule has 1 amide bonds. The van der Waals surface area contributed by atoms with Gasteiger partial charge in [0, 0.05) is 43.7 Å². The molecule has 1 saturated heterocycles. The first kappa shape index (κ1) is 22.7. The first-order chi connectivity index (χ1) is 15.7. The number of nitrogens with zero attached hydrogens (tertiary/aromatic N) is 2. The van der Waals surface area contributed by atoms with Crippen molar-refractivity contribution >= 4 is 21.8 Å². The Labute approximate surface area is 199 Å². The minimum atomic E-state index is -0.235. The van der Waals surface area contributed by atoms with Crippen LogP contribution in [0.4, 0.5) is 0 Å². The van der Waals surface area contributed by atoms with Gasteiger partial charge >= 0.3 is 0 Å². The van der Waals surface area contributed by atoms with Crippen LogP contribution in [0.5, 0.6) is 0 Å². The van der Waals surface area contributed by atoms with E-state index in [2.05, 4.69) is 74.7 Å². The number of benzene rings is 3. The van der Waals surface area contributed by atoms with Gasteiger partial charge in [-0.15, -0.1) is 0 Å². The molecule has 1 atom stereocenters. The van der Waals surface area contributed by atoms with Crippen LogP contribution < -0.4 is 5.32 Å². The van der Waals surface area contributed by atoms with Gasteiger partial charge < -0.3 is 10.2 Å². The maximum absolute atomic E-state index is 13.5. The van der Waals surface area contributed by atoms with Gasteiger partial charge in [0.05, 0.1) is 6.04 Å². The number of carbonyl (C=O) groups is 1. The molecule has 0 bridgehead atoms. The molecular weight excluding hydrogens is 462 g/mol. The molecule has 3 aromatic carbocycles. The maximum atomic E-state index is 13.5. The van der Waals surface area contributed by atoms with Crippen LogP contribution >= 0.6 is 15.9 Å². The van der Waals surface area contributed by atoms with Crippen molar-refractivity contribution in [2.24, 2.45) is 0 Å². The number of rotatable bonds is 8. The lowest BCUT2D eigenvalue weighted by atomic mass is 10.0. The molecule has 4 rings (SSSR count). The zero-order valence-electron chi connectivity index (χ0n) is 18.3. The highest BCUT2D eigenvalue weighted by atomic mass is 79.9. The summed E-state index contributed by atoms with van der Waals surface area (Å²) in [5.74, 6) is 0.199. The second-order valence-corrected chi connectivity index (χ2v) is 9.25. The fourth-order valence-electron chi connectivity index (χ4n) is 4.13. The highest BCUT2D eigenvalue weighted by molar-refractivity contribution is 9.10. The highest BCUT2D eigenvalue weighted by Crippen LogP contribution is 2.14. The normalized spacial score (nSPS) is 15.5. The molecule has 1 heterocycles. The van der Waals surface area contributed by atoms with Gasteiger partial charge in [-0.1, -0.05) is 88.7 Å². The molecule has 1 aliphatic rings. The molecule has 0 radical (unpaired) electrons. The Balaban J connectivity index is 1.37. The van der Waals surface area contributed by atoms with E-state index in [4.69, 9.17) is 0 Å². The number of carbonyl (C=O) groups excluding carboxylic acids is 1. The Hall–Kier alpha value is -2.47. The molecule has 166 valence electrons. The fourth-order valence-corrected chi connectivity index (χ4v) is 4.39. The van der Waals surface area contributed by atoms with Crippen molar-refractivity contribution in [2.75, 3.05) is 26.2 Å². The van der Waals surface area contributed by atoms with Crippen molar-refractivity contribution in [1.29, 1.82) is 0 Å². The van der Waals surface area contributed by atoms with Crippen LogP contribution in [0.1, 0.15) is 16.7 Å². The number of nitrogens with one attached hydrogen (secondary N) is 1. The lowest BCUT2D eigenvalue weighted by Crippen LogP contribution is -2.54. The van der Waals surface area contributed by atoms with Crippen LogP contribution in [0.2, 0.25) is 0 Å². The van der Waals surface area contributed by atoms with Crippen molar-refractivity contribution in [2.45, 2.75) is 25.6 Å². The molecule has 32 heavy (non-hydrogen) atoms. The average molecular weight is 492 g/mol. The Kier molecular flexibility index (Phi) is 8.10. The zero-order chi connectivity index (χ0) is 22.2. The Morgan fingerprint density at radius 1 is 0.781 bits per heavy atom. The molecule has 0 aromatic heterocycles. The largest absolute Gasteiger partial charge is 0.339 e. The van der Waals surface area contributed by atoms with Crippen LogP contribution in [-0.2, 0) is 24.3 Å². The Morgan fingerprint density at radius 2 is 1.38 bits per heavy atom. The van der Waals surface area contributed by atoms with E-state index in [1.165, 1.54) is 16.7 Å². The van der Waals surface area contributed by atoms with Gasteiger partial charge in [0.25, 0.3) is 0 Å². The van der Waals surface area contributed by atoms with Crippen molar-refractivity contribution in [3.63, 3.8) is 0 Å². The standard InChI is InChI=1S/C27H30BrN3O/c28-25-13-11-23(12-14-25)20-29-26(19-22-7-3-1-4-8-22)27(32)31-17-15-30(16-18-31)21-24-9-5-2-6-10-24/h1-14,26,29H,15-21H2. The lowest BCUT2D eigenvalue weighted by Gasteiger charge is -2.36. The summed E-state index contributed by atoms with van der Waals surface area (Å²) < 4.78 is 1.06. The summed E-state index contributed by atoms with van der Waals surface area (Å²) >= 11 is 3.49. The number of piperazine rings is 1. The average Bonchev–Trinajstić information content (AvgIpc) is 2.84. The third-order valence-corrected chi connectivity index (χ3v) is 6.51. The molecule has 0 spiro atoms. The van der Waals surface area contributed by atoms with Crippen molar-refractivity contribution in [3.05, 3.63) is 106 Å². The van der Waals surface area contributed by atoms with Crippen molar-refractivity contribution < 1.29 is 4.79 Å². The second kappa shape index (κ2) is 11.4. The Bertz CT molecular complexity index is 971. The first-order valence-corrected chi connectivity index (χ1v) is 12.0. The fraction of sp³-hybridized carbons (Fsp3) is 0.296. The molecule has 0 saturated carbocycles. The number of hydrogen-bond acceptors (Lipinski definition) is 3. The van der Waals surface area contributed by atoms with Crippen LogP contribution in [0, 0.1) is 0 Å². The van der Waals surface area contributed by atoms with E-state index in [0.717, 1.165) is 37.2 Å². The molecule has 1 fully saturated rings. The summed E-state index contributed by atoms with van der Waals surface area (Å²) in [6.07, 6.45) is 0.695. The molecule has 1 N–H and O–H groups in total. The molecular formula is C27H30BrN3O. The van der Waals surface area contributed by atoms with Gasteiger partial charge in [0.1, 0.15) is 0 Å². The quantitative estimate of drug-likeness (QED) is 0.503. The van der Waals surface area contributed by atoms with E-state index in [1.807, 2.05) is 41.3 Å². The number of halogens is 1. The van der Waals surface area contributed by atoms with Gasteiger partial charge in [-0.3, -0.25) is 9.69 Å². The van der Waals surface area contributed by atoms with Crippen LogP contribution in [0.25, 0.3) is 0 Å². The molecule has 1 aliphatic heterocycles. The van der Waals surface area contributed by atoms with Gasteiger partial charge in [-0.2, -0.15) is 0 Å². The van der Waals surface area contributed by atoms with Gasteiger partial charge in [0.15, 0.2) is 0 Å². The van der Waals surface area contributed by atoms with Gasteiger partial charge in [0.2, 0.25) is 5.91 Å². The van der Waals surface area contributed by atoms with Crippen molar-refractivity contribution in [1.82, 2.24) is 15.1 Å². The van der Waals surface area contributed by atoms with Gasteiger partial charge in [-0.05, 0) is 35.2 Å². The summed E-state index contributed by atoms with van der Waals surface area (Å²) in [5, 5.41) is 3.53. The third-order valence-electron chi connectivity index (χ3n) is 5.98. The van der Waals surface area contributed by atoms with E-state index in [9.17, 15) is 4.79 Å². The summed E-state index contributed by atoms with van der Waals surface area (Å²) in [7, 11) is 0. The molecule has 0 aliphatic carbocycles. The van der Waals surface area contributed by atoms with E-state index >= 15 is 0 Å². The summed E-state index contributed by atoms with van der Waals surface area (Å²) in [5.41, 5.74) is 3.68. The summed E-state index contributed by atoms with van der Waals surface area (Å²) in [6.45, 7) is 4.98. The van der Waals surface area contributed by atoms with Crippen LogP contribution in [0.3, 0.4) is 0 Å². The van der Waals surface area contributed by atoms with E-state index < -0.39 is 0 Å². The SMILES string of the molecule is O=C(C(Cc1ccccc1)NCc1ccc(Br)cc1)N1CCN(Cc2ccccc2)CC1. The van der Waals surface area contributed by atoms with Crippen LogP contribution in [0.15, 0.2) is 89.4 Å². The minimum absolute atomic E-state index is 0.199. The monoisotopic (exact) mass is 491 g/mol. The van der Waals surface area contributed by atoms with Crippen LogP contribution in [-0.4, -0.2) is 47.9 Å². The second-order valence-electron chi connectivity index (χ2n) is 8.34. The predicted octanol–water partition coefficient (Wildman–Crippen LogP) is 4.49. The lowest BCUT2D eigenvalue weighted by molar-refractivity contribution is -0.135.